The summed E-state index contributed by atoms with van der Waals surface area (Å²) < 4.78 is 5.04. The molecule has 0 atom stereocenters. The van der Waals surface area contributed by atoms with Gasteiger partial charge < -0.3 is 9.84 Å². The Morgan fingerprint density at radius 1 is 1.45 bits per heavy atom. The number of aromatic nitrogens is 2. The highest BCUT2D eigenvalue weighted by molar-refractivity contribution is 6.34. The van der Waals surface area contributed by atoms with Crippen LogP contribution in [0.2, 0.25) is 5.02 Å². The van der Waals surface area contributed by atoms with Gasteiger partial charge in [-0.1, -0.05) is 23.7 Å². The van der Waals surface area contributed by atoms with E-state index in [0.717, 1.165) is 17.0 Å². The lowest BCUT2D eigenvalue weighted by molar-refractivity contribution is -0.115. The molecule has 2 aromatic rings. The molecule has 0 spiro atoms. The van der Waals surface area contributed by atoms with E-state index in [2.05, 4.69) is 15.5 Å². The van der Waals surface area contributed by atoms with Gasteiger partial charge in [-0.3, -0.25) is 9.78 Å². The zero-order valence-corrected chi connectivity index (χ0v) is 12.4. The molecule has 0 aromatic carbocycles. The molecule has 106 valence electrons. The number of hydrogen-bond donors (Lipinski definition) is 1. The van der Waals surface area contributed by atoms with Gasteiger partial charge in [-0.05, 0) is 26.3 Å². The number of rotatable bonds is 4. The molecule has 6 heteroatoms. The van der Waals surface area contributed by atoms with Gasteiger partial charge in [0.05, 0.1) is 28.5 Å². The van der Waals surface area contributed by atoms with Crippen LogP contribution in [-0.4, -0.2) is 16.0 Å². The number of pyridine rings is 1. The summed E-state index contributed by atoms with van der Waals surface area (Å²) in [6.45, 7) is 5.56. The van der Waals surface area contributed by atoms with Crippen molar-refractivity contribution in [1.29, 1.82) is 0 Å². The zero-order valence-electron chi connectivity index (χ0n) is 11.7. The second kappa shape index (κ2) is 6.05. The fraction of sp³-hybridized carbons (Fsp3) is 0.357. The first-order valence-electron chi connectivity index (χ1n) is 6.37. The zero-order chi connectivity index (χ0) is 14.7. The Bertz CT molecular complexity index is 618. The van der Waals surface area contributed by atoms with Crippen molar-refractivity contribution in [3.63, 3.8) is 0 Å². The minimum Gasteiger partial charge on any atom is -0.361 e. The Hall–Kier alpha value is -1.88. The first-order valence-corrected chi connectivity index (χ1v) is 6.75. The van der Waals surface area contributed by atoms with Crippen molar-refractivity contribution in [3.8, 4) is 0 Å². The minimum absolute atomic E-state index is 0.158. The predicted octanol–water partition coefficient (Wildman–Crippen LogP) is 3.08. The number of halogens is 1. The molecule has 2 aromatic heterocycles. The van der Waals surface area contributed by atoms with E-state index >= 15 is 0 Å². The molecule has 2 heterocycles. The molecule has 0 aliphatic carbocycles. The van der Waals surface area contributed by atoms with Crippen LogP contribution in [0.15, 0.2) is 16.8 Å². The van der Waals surface area contributed by atoms with Crippen molar-refractivity contribution >= 4 is 23.2 Å². The Morgan fingerprint density at radius 2 is 2.20 bits per heavy atom. The van der Waals surface area contributed by atoms with E-state index in [1.165, 1.54) is 0 Å². The summed E-state index contributed by atoms with van der Waals surface area (Å²) in [5.41, 5.74) is 2.88. The summed E-state index contributed by atoms with van der Waals surface area (Å²) in [6.07, 6.45) is 2.56. The summed E-state index contributed by atoms with van der Waals surface area (Å²) in [6, 6.07) is 1.69. The molecular weight excluding hydrogens is 278 g/mol. The van der Waals surface area contributed by atoms with E-state index in [-0.39, 0.29) is 12.3 Å². The first-order chi connectivity index (χ1) is 9.52. The van der Waals surface area contributed by atoms with Crippen molar-refractivity contribution < 1.29 is 9.32 Å². The second-order valence-electron chi connectivity index (χ2n) is 4.50. The van der Waals surface area contributed by atoms with E-state index in [0.29, 0.717) is 22.9 Å². The number of carbonyl (C=O) groups excluding carboxylic acids is 1. The lowest BCUT2D eigenvalue weighted by Crippen LogP contribution is -2.16. The van der Waals surface area contributed by atoms with Gasteiger partial charge in [0.15, 0.2) is 0 Å². The molecule has 0 saturated carbocycles. The lowest BCUT2D eigenvalue weighted by atomic mass is 10.1. The molecule has 0 fully saturated rings. The van der Waals surface area contributed by atoms with Crippen molar-refractivity contribution in [2.45, 2.75) is 33.6 Å². The van der Waals surface area contributed by atoms with Gasteiger partial charge >= 0.3 is 0 Å². The number of nitrogens with zero attached hydrogens (tertiary/aromatic N) is 2. The highest BCUT2D eigenvalue weighted by Gasteiger charge is 2.15. The Morgan fingerprint density at radius 3 is 2.80 bits per heavy atom. The van der Waals surface area contributed by atoms with E-state index in [1.807, 2.05) is 13.8 Å². The largest absolute Gasteiger partial charge is 0.361 e. The standard InChI is InChI=1S/C14H16ClN3O2/c1-4-11-14(15)12(5-6-16-11)17-13(19)7-10-8(2)18-20-9(10)3/h5-6H,4,7H2,1-3H3,(H,16,17,19). The summed E-state index contributed by atoms with van der Waals surface area (Å²) in [5, 5.41) is 7.12. The number of nitrogens with one attached hydrogen (secondary N) is 1. The normalized spacial score (nSPS) is 10.6. The molecule has 1 N–H and O–H groups in total. The maximum atomic E-state index is 12.1. The highest BCUT2D eigenvalue weighted by atomic mass is 35.5. The van der Waals surface area contributed by atoms with Crippen LogP contribution in [0, 0.1) is 13.8 Å². The Balaban J connectivity index is 2.13. The first kappa shape index (κ1) is 14.5. The van der Waals surface area contributed by atoms with Gasteiger partial charge in [0, 0.05) is 11.8 Å². The lowest BCUT2D eigenvalue weighted by Gasteiger charge is -2.09. The maximum absolute atomic E-state index is 12.1. The number of hydrogen-bond acceptors (Lipinski definition) is 4. The maximum Gasteiger partial charge on any atom is 0.229 e. The topological polar surface area (TPSA) is 68.0 Å². The molecular formula is C14H16ClN3O2. The van der Waals surface area contributed by atoms with Gasteiger partial charge in [0.2, 0.25) is 5.91 Å². The van der Waals surface area contributed by atoms with Crippen LogP contribution in [0.5, 0.6) is 0 Å². The van der Waals surface area contributed by atoms with Gasteiger partial charge in [0.25, 0.3) is 0 Å². The number of carbonyl (C=O) groups is 1. The van der Waals surface area contributed by atoms with E-state index < -0.39 is 0 Å². The van der Waals surface area contributed by atoms with Crippen molar-refractivity contribution in [1.82, 2.24) is 10.1 Å². The molecule has 0 radical (unpaired) electrons. The number of aryl methyl sites for hydroxylation is 3. The molecule has 0 aliphatic heterocycles. The van der Waals surface area contributed by atoms with Crippen LogP contribution in [0.3, 0.4) is 0 Å². The van der Waals surface area contributed by atoms with Crippen LogP contribution >= 0.6 is 11.6 Å². The summed E-state index contributed by atoms with van der Waals surface area (Å²) in [7, 11) is 0. The fourth-order valence-corrected chi connectivity index (χ4v) is 2.23. The minimum atomic E-state index is -0.158. The monoisotopic (exact) mass is 293 g/mol. The summed E-state index contributed by atoms with van der Waals surface area (Å²) >= 11 is 6.19. The highest BCUT2D eigenvalue weighted by Crippen LogP contribution is 2.24. The third-order valence-electron chi connectivity index (χ3n) is 3.09. The molecule has 1 amide bonds. The molecule has 0 saturated heterocycles. The number of anilines is 1. The molecule has 0 bridgehead atoms. The van der Waals surface area contributed by atoms with Gasteiger partial charge in [-0.15, -0.1) is 0 Å². The number of amides is 1. The third kappa shape index (κ3) is 2.99. The molecule has 5 nitrogen and oxygen atoms in total. The quantitative estimate of drug-likeness (QED) is 0.940. The molecule has 0 unspecified atom stereocenters. The Kier molecular flexibility index (Phi) is 4.39. The van der Waals surface area contributed by atoms with Crippen LogP contribution < -0.4 is 5.32 Å². The van der Waals surface area contributed by atoms with Crippen LogP contribution in [-0.2, 0) is 17.6 Å². The predicted molar refractivity (Wildman–Crippen MR) is 76.9 cm³/mol. The Labute approximate surface area is 122 Å². The van der Waals surface area contributed by atoms with E-state index in [4.69, 9.17) is 16.1 Å². The average Bonchev–Trinajstić information content (AvgIpc) is 2.73. The van der Waals surface area contributed by atoms with Crippen LogP contribution in [0.4, 0.5) is 5.69 Å². The van der Waals surface area contributed by atoms with Gasteiger partial charge in [-0.2, -0.15) is 0 Å². The van der Waals surface area contributed by atoms with Crippen LogP contribution in [0.25, 0.3) is 0 Å². The van der Waals surface area contributed by atoms with E-state index in [9.17, 15) is 4.79 Å². The molecule has 0 aliphatic rings. The SMILES string of the molecule is CCc1nccc(NC(=O)Cc2c(C)noc2C)c1Cl. The summed E-state index contributed by atoms with van der Waals surface area (Å²) in [5.74, 6) is 0.502. The average molecular weight is 294 g/mol. The smallest absolute Gasteiger partial charge is 0.229 e. The summed E-state index contributed by atoms with van der Waals surface area (Å²) in [4.78, 5) is 16.2. The van der Waals surface area contributed by atoms with Crippen LogP contribution in [0.1, 0.15) is 29.6 Å². The molecule has 20 heavy (non-hydrogen) atoms. The van der Waals surface area contributed by atoms with Crippen molar-refractivity contribution in [3.05, 3.63) is 40.0 Å². The third-order valence-corrected chi connectivity index (χ3v) is 3.51. The fourth-order valence-electron chi connectivity index (χ4n) is 1.94. The van der Waals surface area contributed by atoms with Gasteiger partial charge in [-0.25, -0.2) is 0 Å². The second-order valence-corrected chi connectivity index (χ2v) is 4.88. The van der Waals surface area contributed by atoms with Gasteiger partial charge in [0.1, 0.15) is 5.76 Å². The van der Waals surface area contributed by atoms with E-state index in [1.54, 1.807) is 19.2 Å². The van der Waals surface area contributed by atoms with Crippen molar-refractivity contribution in [2.75, 3.05) is 5.32 Å². The molecule has 2 rings (SSSR count). The van der Waals surface area contributed by atoms with Crippen molar-refractivity contribution in [2.24, 2.45) is 0 Å².